The molecule has 31 heavy (non-hydrogen) atoms. The van der Waals surface area contributed by atoms with Crippen LogP contribution in [0.4, 0.5) is 5.69 Å². The lowest BCUT2D eigenvalue weighted by Crippen LogP contribution is -2.35. The Kier molecular flexibility index (Phi) is 5.75. The Morgan fingerprint density at radius 3 is 2.45 bits per heavy atom. The van der Waals surface area contributed by atoms with Gasteiger partial charge >= 0.3 is 0 Å². The molecule has 2 aromatic carbocycles. The summed E-state index contributed by atoms with van der Waals surface area (Å²) in [4.78, 5) is 31.6. The predicted molar refractivity (Wildman–Crippen MR) is 119 cm³/mol. The van der Waals surface area contributed by atoms with Gasteiger partial charge < -0.3 is 9.64 Å². The number of amides is 1. The van der Waals surface area contributed by atoms with Gasteiger partial charge in [-0.3, -0.25) is 14.6 Å². The number of likely N-dealkylation sites (N-methyl/N-ethyl adjacent to an activating group) is 1. The number of methoxy groups -OCH3 is 1. The number of ether oxygens (including phenoxy) is 1. The van der Waals surface area contributed by atoms with Crippen LogP contribution in [0.15, 0.2) is 77.9 Å². The Balaban J connectivity index is 1.67. The maximum atomic E-state index is 13.0. The standard InChI is InChI=1S/C24H22N4O3/c1-27(18-9-11-19(31-2)12-10-18)23(29)16-28-24(30)21-8-4-3-7-20(21)22(26-28)14-17-6-5-13-25-15-17/h3-13,15H,14,16H2,1-2H3. The number of pyridine rings is 1. The topological polar surface area (TPSA) is 77.3 Å². The van der Waals surface area contributed by atoms with Crippen molar-refractivity contribution < 1.29 is 9.53 Å². The summed E-state index contributed by atoms with van der Waals surface area (Å²) in [6.45, 7) is -0.160. The van der Waals surface area contributed by atoms with Crippen LogP contribution < -0.4 is 15.2 Å². The highest BCUT2D eigenvalue weighted by Gasteiger charge is 2.16. The SMILES string of the molecule is COc1ccc(N(C)C(=O)Cn2nc(Cc3cccnc3)c3ccccc3c2=O)cc1. The van der Waals surface area contributed by atoms with E-state index in [0.717, 1.165) is 16.6 Å². The molecule has 0 N–H and O–H groups in total. The fourth-order valence-corrected chi connectivity index (χ4v) is 3.42. The van der Waals surface area contributed by atoms with E-state index in [1.807, 2.05) is 30.3 Å². The molecule has 0 saturated heterocycles. The molecule has 0 atom stereocenters. The van der Waals surface area contributed by atoms with Gasteiger partial charge in [-0.2, -0.15) is 5.10 Å². The van der Waals surface area contributed by atoms with E-state index in [9.17, 15) is 9.59 Å². The Morgan fingerprint density at radius 2 is 1.77 bits per heavy atom. The van der Waals surface area contributed by atoms with Gasteiger partial charge in [-0.25, -0.2) is 4.68 Å². The van der Waals surface area contributed by atoms with Crippen LogP contribution in [0.5, 0.6) is 5.75 Å². The maximum Gasteiger partial charge on any atom is 0.275 e. The third-order valence-corrected chi connectivity index (χ3v) is 5.16. The number of hydrogen-bond acceptors (Lipinski definition) is 5. The second-order valence-electron chi connectivity index (χ2n) is 7.14. The van der Waals surface area contributed by atoms with Crippen LogP contribution in [-0.2, 0) is 17.8 Å². The Morgan fingerprint density at radius 1 is 1.03 bits per heavy atom. The number of fused-ring (bicyclic) bond motifs is 1. The van der Waals surface area contributed by atoms with Gasteiger partial charge in [0.05, 0.1) is 18.2 Å². The summed E-state index contributed by atoms with van der Waals surface area (Å²) in [6.07, 6.45) is 4.00. The van der Waals surface area contributed by atoms with Gasteiger partial charge in [-0.1, -0.05) is 24.3 Å². The molecule has 2 heterocycles. The van der Waals surface area contributed by atoms with Crippen molar-refractivity contribution in [1.82, 2.24) is 14.8 Å². The van der Waals surface area contributed by atoms with E-state index in [4.69, 9.17) is 4.74 Å². The number of hydrogen-bond donors (Lipinski definition) is 0. The molecule has 0 unspecified atom stereocenters. The van der Waals surface area contributed by atoms with Crippen LogP contribution in [0.25, 0.3) is 10.8 Å². The van der Waals surface area contributed by atoms with Gasteiger partial charge in [-0.05, 0) is 42.0 Å². The number of carbonyl (C=O) groups is 1. The van der Waals surface area contributed by atoms with Crippen LogP contribution >= 0.6 is 0 Å². The molecular formula is C24H22N4O3. The quantitative estimate of drug-likeness (QED) is 0.485. The zero-order valence-corrected chi connectivity index (χ0v) is 17.4. The molecule has 7 heteroatoms. The lowest BCUT2D eigenvalue weighted by atomic mass is 10.1. The predicted octanol–water partition coefficient (Wildman–Crippen LogP) is 3.05. The first-order chi connectivity index (χ1) is 15.1. The van der Waals surface area contributed by atoms with Crippen molar-refractivity contribution in [2.45, 2.75) is 13.0 Å². The second kappa shape index (κ2) is 8.79. The first kappa shape index (κ1) is 20.3. The number of benzene rings is 2. The molecule has 0 fully saturated rings. The van der Waals surface area contributed by atoms with E-state index in [1.54, 1.807) is 56.9 Å². The number of nitrogens with zero attached hydrogens (tertiary/aromatic N) is 4. The fourth-order valence-electron chi connectivity index (χ4n) is 3.42. The Bertz CT molecular complexity index is 1270. The van der Waals surface area contributed by atoms with Gasteiger partial charge in [-0.15, -0.1) is 0 Å². The van der Waals surface area contributed by atoms with Crippen LogP contribution in [0.1, 0.15) is 11.3 Å². The lowest BCUT2D eigenvalue weighted by Gasteiger charge is -2.18. The van der Waals surface area contributed by atoms with Gasteiger partial charge in [0.25, 0.3) is 5.56 Å². The molecule has 0 radical (unpaired) electrons. The average Bonchev–Trinajstić information content (AvgIpc) is 2.82. The maximum absolute atomic E-state index is 13.0. The van der Waals surface area contributed by atoms with Crippen molar-refractivity contribution in [3.63, 3.8) is 0 Å². The summed E-state index contributed by atoms with van der Waals surface area (Å²) < 4.78 is 6.41. The summed E-state index contributed by atoms with van der Waals surface area (Å²) in [5, 5.41) is 5.87. The van der Waals surface area contributed by atoms with E-state index in [1.165, 1.54) is 9.58 Å². The van der Waals surface area contributed by atoms with Gasteiger partial charge in [0.1, 0.15) is 12.3 Å². The molecule has 0 aliphatic carbocycles. The minimum absolute atomic E-state index is 0.160. The molecule has 0 aliphatic heterocycles. The van der Waals surface area contributed by atoms with Crippen molar-refractivity contribution in [1.29, 1.82) is 0 Å². The van der Waals surface area contributed by atoms with Gasteiger partial charge in [0, 0.05) is 36.9 Å². The number of aromatic nitrogens is 3. The van der Waals surface area contributed by atoms with E-state index in [0.29, 0.717) is 23.2 Å². The third-order valence-electron chi connectivity index (χ3n) is 5.16. The smallest absolute Gasteiger partial charge is 0.275 e. The van der Waals surface area contributed by atoms with Crippen molar-refractivity contribution >= 4 is 22.4 Å². The Labute approximate surface area is 179 Å². The molecule has 1 amide bonds. The van der Waals surface area contributed by atoms with E-state index in [-0.39, 0.29) is 18.0 Å². The normalized spacial score (nSPS) is 10.8. The van der Waals surface area contributed by atoms with Crippen molar-refractivity contribution in [2.75, 3.05) is 19.1 Å². The van der Waals surface area contributed by atoms with Gasteiger partial charge in [0.15, 0.2) is 0 Å². The first-order valence-corrected chi connectivity index (χ1v) is 9.85. The lowest BCUT2D eigenvalue weighted by molar-refractivity contribution is -0.119. The molecule has 0 bridgehead atoms. The third kappa shape index (κ3) is 4.30. The van der Waals surface area contributed by atoms with E-state index in [2.05, 4.69) is 10.1 Å². The van der Waals surface area contributed by atoms with Crippen molar-refractivity contribution in [3.05, 3.63) is 94.7 Å². The summed E-state index contributed by atoms with van der Waals surface area (Å²) in [6, 6.07) is 18.3. The number of anilines is 1. The zero-order valence-electron chi connectivity index (χ0n) is 17.4. The van der Waals surface area contributed by atoms with Crippen molar-refractivity contribution in [2.24, 2.45) is 0 Å². The highest BCUT2D eigenvalue weighted by Crippen LogP contribution is 2.19. The molecular weight excluding hydrogens is 392 g/mol. The average molecular weight is 414 g/mol. The largest absolute Gasteiger partial charge is 0.497 e. The number of rotatable bonds is 6. The summed E-state index contributed by atoms with van der Waals surface area (Å²) in [5.74, 6) is 0.458. The molecule has 156 valence electrons. The minimum Gasteiger partial charge on any atom is -0.497 e. The van der Waals surface area contributed by atoms with Crippen molar-refractivity contribution in [3.8, 4) is 5.75 Å². The van der Waals surface area contributed by atoms with Gasteiger partial charge in [0.2, 0.25) is 5.91 Å². The summed E-state index contributed by atoms with van der Waals surface area (Å²) in [7, 11) is 3.26. The molecule has 7 nitrogen and oxygen atoms in total. The highest BCUT2D eigenvalue weighted by molar-refractivity contribution is 5.93. The molecule has 0 saturated carbocycles. The van der Waals surface area contributed by atoms with Crippen LogP contribution in [0, 0.1) is 0 Å². The van der Waals surface area contributed by atoms with Crippen LogP contribution in [0.2, 0.25) is 0 Å². The highest BCUT2D eigenvalue weighted by atomic mass is 16.5. The molecule has 0 aliphatic rings. The molecule has 4 rings (SSSR count). The molecule has 0 spiro atoms. The first-order valence-electron chi connectivity index (χ1n) is 9.85. The van der Waals surface area contributed by atoms with Crippen LogP contribution in [0.3, 0.4) is 0 Å². The number of carbonyl (C=O) groups excluding carboxylic acids is 1. The van der Waals surface area contributed by atoms with E-state index >= 15 is 0 Å². The van der Waals surface area contributed by atoms with E-state index < -0.39 is 0 Å². The zero-order chi connectivity index (χ0) is 21.8. The second-order valence-corrected chi connectivity index (χ2v) is 7.14. The summed E-state index contributed by atoms with van der Waals surface area (Å²) in [5.41, 5.74) is 2.12. The minimum atomic E-state index is -0.290. The van der Waals surface area contributed by atoms with Crippen LogP contribution in [-0.4, -0.2) is 34.8 Å². The Hall–Kier alpha value is -4.00. The summed E-state index contributed by atoms with van der Waals surface area (Å²) >= 11 is 0. The molecule has 4 aromatic rings. The monoisotopic (exact) mass is 414 g/mol. The fraction of sp³-hybridized carbons (Fsp3) is 0.167. The molecule has 2 aromatic heterocycles.